The van der Waals surface area contributed by atoms with Crippen LogP contribution in [0.15, 0.2) is 42.5 Å². The normalized spacial score (nSPS) is 14.7. The molecule has 1 unspecified atom stereocenters. The highest BCUT2D eigenvalue weighted by Gasteiger charge is 2.41. The lowest BCUT2D eigenvalue weighted by Crippen LogP contribution is -2.46. The highest BCUT2D eigenvalue weighted by Crippen LogP contribution is 2.41. The Kier molecular flexibility index (Phi) is 10.4. The van der Waals surface area contributed by atoms with Crippen molar-refractivity contribution in [3.05, 3.63) is 63.6 Å². The first-order valence-electron chi connectivity index (χ1n) is 12.4. The fourth-order valence-electron chi connectivity index (χ4n) is 4.66. The molecule has 2 aromatic rings. The summed E-state index contributed by atoms with van der Waals surface area (Å²) in [6.07, 6.45) is 3.62. The van der Waals surface area contributed by atoms with Crippen LogP contribution in [-0.4, -0.2) is 43.6 Å². The third-order valence-electron chi connectivity index (χ3n) is 6.65. The molecule has 11 heteroatoms. The second-order valence-electron chi connectivity index (χ2n) is 9.44. The monoisotopic (exact) mass is 562 g/mol. The highest BCUT2D eigenvalue weighted by atomic mass is 35.5. The van der Waals surface area contributed by atoms with Crippen LogP contribution in [-0.2, 0) is 16.0 Å². The maximum atomic E-state index is 13.3. The summed E-state index contributed by atoms with van der Waals surface area (Å²) in [4.78, 5) is 48.8. The molecular formula is C27H32Cl2N4O5. The van der Waals surface area contributed by atoms with E-state index >= 15 is 0 Å². The molecule has 38 heavy (non-hydrogen) atoms. The quantitative estimate of drug-likeness (QED) is 0.329. The number of ether oxygens (including phenoxy) is 1. The van der Waals surface area contributed by atoms with Gasteiger partial charge >= 0.3 is 12.1 Å². The summed E-state index contributed by atoms with van der Waals surface area (Å²) in [5, 5.41) is 11.1. The minimum atomic E-state index is -0.843. The van der Waals surface area contributed by atoms with Crippen LogP contribution >= 0.6 is 23.2 Å². The van der Waals surface area contributed by atoms with Gasteiger partial charge in [0.1, 0.15) is 0 Å². The number of halogens is 2. The van der Waals surface area contributed by atoms with Gasteiger partial charge in [-0.2, -0.15) is 0 Å². The average Bonchev–Trinajstić information content (AvgIpc) is 3.35. The molecule has 5 amide bonds. The molecule has 1 aliphatic rings. The molecular weight excluding hydrogens is 531 g/mol. The number of imide groups is 1. The molecule has 1 aliphatic carbocycles. The van der Waals surface area contributed by atoms with Crippen molar-refractivity contribution in [3.8, 4) is 0 Å². The van der Waals surface area contributed by atoms with E-state index in [1.807, 2.05) is 24.4 Å². The van der Waals surface area contributed by atoms with Crippen molar-refractivity contribution in [1.29, 1.82) is 0 Å². The van der Waals surface area contributed by atoms with Crippen molar-refractivity contribution in [2.24, 2.45) is 5.41 Å². The van der Waals surface area contributed by atoms with Crippen LogP contribution in [0.2, 0.25) is 10.0 Å². The van der Waals surface area contributed by atoms with Gasteiger partial charge in [0.25, 0.3) is 5.91 Å². The van der Waals surface area contributed by atoms with Crippen LogP contribution in [0.5, 0.6) is 0 Å². The molecule has 0 heterocycles. The van der Waals surface area contributed by atoms with Gasteiger partial charge < -0.3 is 20.7 Å². The Morgan fingerprint density at radius 3 is 2.24 bits per heavy atom. The summed E-state index contributed by atoms with van der Waals surface area (Å²) in [5.74, 6) is -0.425. The molecule has 204 valence electrons. The number of alkyl carbamates (subject to hydrolysis) is 1. The van der Waals surface area contributed by atoms with Crippen molar-refractivity contribution >= 4 is 52.8 Å². The molecule has 3 rings (SSSR count). The van der Waals surface area contributed by atoms with Crippen LogP contribution < -0.4 is 21.3 Å². The number of amides is 5. The number of benzene rings is 2. The average molecular weight is 563 g/mol. The van der Waals surface area contributed by atoms with Crippen LogP contribution in [0.4, 0.5) is 15.3 Å². The molecule has 0 saturated heterocycles. The minimum Gasteiger partial charge on any atom is -0.453 e. The van der Waals surface area contributed by atoms with Crippen LogP contribution in [0.3, 0.4) is 0 Å². The Hall–Kier alpha value is -3.30. The molecule has 1 fully saturated rings. The lowest BCUT2D eigenvalue weighted by atomic mass is 9.81. The number of urea groups is 1. The predicted molar refractivity (Wildman–Crippen MR) is 147 cm³/mol. The highest BCUT2D eigenvalue weighted by molar-refractivity contribution is 6.40. The van der Waals surface area contributed by atoms with Crippen molar-refractivity contribution in [2.75, 3.05) is 19.0 Å². The molecule has 0 bridgehead atoms. The maximum Gasteiger partial charge on any atom is 0.415 e. The van der Waals surface area contributed by atoms with E-state index in [1.54, 1.807) is 30.3 Å². The smallest absolute Gasteiger partial charge is 0.415 e. The molecule has 4 N–H and O–H groups in total. The van der Waals surface area contributed by atoms with E-state index in [-0.39, 0.29) is 34.1 Å². The van der Waals surface area contributed by atoms with Gasteiger partial charge in [0.15, 0.2) is 0 Å². The van der Waals surface area contributed by atoms with Crippen LogP contribution in [0.25, 0.3) is 0 Å². The van der Waals surface area contributed by atoms with Gasteiger partial charge in [-0.3, -0.25) is 9.59 Å². The first kappa shape index (κ1) is 29.3. The fraction of sp³-hybridized carbons (Fsp3) is 0.407. The Balaban J connectivity index is 1.52. The second-order valence-corrected chi connectivity index (χ2v) is 10.3. The summed E-state index contributed by atoms with van der Waals surface area (Å²) in [6.45, 7) is 2.20. The van der Waals surface area contributed by atoms with Gasteiger partial charge in [0, 0.05) is 18.3 Å². The van der Waals surface area contributed by atoms with Gasteiger partial charge in [0.2, 0.25) is 5.91 Å². The SMILES string of the molecule is COC(=O)NC(=O)NCCC1(C(=O)NC(C)Cc2ccc(NC(=O)c3c(Cl)cccc3Cl)cc2)CCCC1. The number of anilines is 1. The molecule has 0 aliphatic heterocycles. The Bertz CT molecular complexity index is 1150. The molecule has 0 spiro atoms. The van der Waals surface area contributed by atoms with Gasteiger partial charge in [-0.15, -0.1) is 0 Å². The van der Waals surface area contributed by atoms with Crippen LogP contribution in [0.1, 0.15) is 54.9 Å². The van der Waals surface area contributed by atoms with E-state index in [1.165, 1.54) is 7.11 Å². The fourth-order valence-corrected chi connectivity index (χ4v) is 5.23. The first-order valence-corrected chi connectivity index (χ1v) is 13.2. The lowest BCUT2D eigenvalue weighted by Gasteiger charge is -2.29. The Morgan fingerprint density at radius 2 is 1.63 bits per heavy atom. The number of rotatable bonds is 9. The van der Waals surface area contributed by atoms with Gasteiger partial charge in [-0.05, 0) is 62.4 Å². The topological polar surface area (TPSA) is 126 Å². The maximum absolute atomic E-state index is 13.3. The van der Waals surface area contributed by atoms with E-state index in [0.717, 1.165) is 31.2 Å². The third-order valence-corrected chi connectivity index (χ3v) is 7.28. The molecule has 2 aromatic carbocycles. The zero-order valence-electron chi connectivity index (χ0n) is 21.4. The summed E-state index contributed by atoms with van der Waals surface area (Å²) in [7, 11) is 1.17. The predicted octanol–water partition coefficient (Wildman–Crippen LogP) is 5.31. The van der Waals surface area contributed by atoms with Crippen molar-refractivity contribution < 1.29 is 23.9 Å². The third kappa shape index (κ3) is 7.85. The van der Waals surface area contributed by atoms with E-state index in [9.17, 15) is 19.2 Å². The number of hydrogen-bond acceptors (Lipinski definition) is 5. The van der Waals surface area contributed by atoms with Crippen molar-refractivity contribution in [1.82, 2.24) is 16.0 Å². The summed E-state index contributed by atoms with van der Waals surface area (Å²) in [5.41, 5.74) is 1.26. The number of methoxy groups -OCH3 is 1. The minimum absolute atomic E-state index is 0.0295. The molecule has 9 nitrogen and oxygen atoms in total. The number of carbonyl (C=O) groups excluding carboxylic acids is 4. The number of hydrogen-bond donors (Lipinski definition) is 4. The zero-order chi connectivity index (χ0) is 27.7. The standard InChI is InChI=1S/C27H32Cl2N4O5/c1-17(31-24(35)27(12-3-4-13-27)14-15-30-25(36)33-26(37)38-2)16-18-8-10-19(11-9-18)32-23(34)22-20(28)6-5-7-21(22)29/h5-11,17H,3-4,12-16H2,1-2H3,(H,31,35)(H,32,34)(H2,30,33,36,37). The van der Waals surface area contributed by atoms with Crippen LogP contribution in [0, 0.1) is 5.41 Å². The summed E-state index contributed by atoms with van der Waals surface area (Å²) >= 11 is 12.2. The molecule has 1 saturated carbocycles. The summed E-state index contributed by atoms with van der Waals surface area (Å²) < 4.78 is 4.40. The largest absolute Gasteiger partial charge is 0.453 e. The van der Waals surface area contributed by atoms with E-state index < -0.39 is 23.4 Å². The van der Waals surface area contributed by atoms with Crippen molar-refractivity contribution in [3.63, 3.8) is 0 Å². The molecule has 0 aromatic heterocycles. The number of carbonyl (C=O) groups is 4. The molecule has 1 atom stereocenters. The number of nitrogens with one attached hydrogen (secondary N) is 4. The van der Waals surface area contributed by atoms with Gasteiger partial charge in [-0.25, -0.2) is 14.9 Å². The van der Waals surface area contributed by atoms with E-state index in [0.29, 0.717) is 18.5 Å². The van der Waals surface area contributed by atoms with E-state index in [2.05, 4.69) is 20.7 Å². The Morgan fingerprint density at radius 1 is 1.00 bits per heavy atom. The van der Waals surface area contributed by atoms with Gasteiger partial charge in [0.05, 0.1) is 28.1 Å². The first-order chi connectivity index (χ1) is 18.1. The van der Waals surface area contributed by atoms with Gasteiger partial charge in [-0.1, -0.05) is 54.2 Å². The lowest BCUT2D eigenvalue weighted by molar-refractivity contribution is -0.131. The van der Waals surface area contributed by atoms with E-state index in [4.69, 9.17) is 23.2 Å². The molecule has 0 radical (unpaired) electrons. The Labute approximate surface area is 232 Å². The van der Waals surface area contributed by atoms with Crippen molar-refractivity contribution in [2.45, 2.75) is 51.5 Å². The summed E-state index contributed by atoms with van der Waals surface area (Å²) in [6, 6.07) is 11.5. The second kappa shape index (κ2) is 13.5. The zero-order valence-corrected chi connectivity index (χ0v) is 22.9.